The van der Waals surface area contributed by atoms with Gasteiger partial charge in [0, 0.05) is 33.4 Å². The second-order valence-electron chi connectivity index (χ2n) is 5.46. The standard InChI is InChI=1S/C15H24N4O2/c1-3-6-17-14-10-16-9-13(18-14)15(20)19(2)11-12-4-7-21-8-5-12/h9-10,12H,3-8,11H2,1-2H3,(H,17,18). The predicted molar refractivity (Wildman–Crippen MR) is 81.3 cm³/mol. The number of carbonyl (C=O) groups excluding carboxylic acids is 1. The van der Waals surface area contributed by atoms with E-state index in [0.29, 0.717) is 17.4 Å². The van der Waals surface area contributed by atoms with Gasteiger partial charge in [-0.3, -0.25) is 9.78 Å². The Morgan fingerprint density at radius 1 is 1.43 bits per heavy atom. The first-order chi connectivity index (χ1) is 10.2. The Hall–Kier alpha value is -1.69. The Labute approximate surface area is 125 Å². The Morgan fingerprint density at radius 2 is 2.19 bits per heavy atom. The predicted octanol–water partition coefficient (Wildman–Crippen LogP) is 1.80. The highest BCUT2D eigenvalue weighted by molar-refractivity contribution is 5.92. The van der Waals surface area contributed by atoms with Crippen LogP contribution in [0.5, 0.6) is 0 Å². The maximum Gasteiger partial charge on any atom is 0.273 e. The summed E-state index contributed by atoms with van der Waals surface area (Å²) < 4.78 is 5.35. The summed E-state index contributed by atoms with van der Waals surface area (Å²) in [6, 6.07) is 0. The third kappa shape index (κ3) is 4.67. The lowest BCUT2D eigenvalue weighted by atomic mass is 10.00. The summed E-state index contributed by atoms with van der Waals surface area (Å²) in [6.45, 7) is 5.24. The Kier molecular flexibility index (Phi) is 5.92. The van der Waals surface area contributed by atoms with Crippen LogP contribution in [0.4, 0.5) is 5.82 Å². The van der Waals surface area contributed by atoms with Crippen LogP contribution in [0.3, 0.4) is 0 Å². The van der Waals surface area contributed by atoms with Crippen molar-refractivity contribution in [2.45, 2.75) is 26.2 Å². The van der Waals surface area contributed by atoms with Crippen molar-refractivity contribution in [2.24, 2.45) is 5.92 Å². The molecule has 1 aromatic rings. The molecule has 0 aromatic carbocycles. The zero-order chi connectivity index (χ0) is 15.1. The van der Waals surface area contributed by atoms with Gasteiger partial charge in [-0.15, -0.1) is 0 Å². The summed E-state index contributed by atoms with van der Waals surface area (Å²) in [5.41, 5.74) is 0.394. The number of nitrogens with one attached hydrogen (secondary N) is 1. The van der Waals surface area contributed by atoms with Gasteiger partial charge in [-0.05, 0) is 25.2 Å². The summed E-state index contributed by atoms with van der Waals surface area (Å²) in [7, 11) is 1.83. The molecule has 1 amide bonds. The topological polar surface area (TPSA) is 67.4 Å². The van der Waals surface area contributed by atoms with Crippen molar-refractivity contribution in [1.29, 1.82) is 0 Å². The van der Waals surface area contributed by atoms with Crippen molar-refractivity contribution in [3.63, 3.8) is 0 Å². The third-order valence-corrected chi connectivity index (χ3v) is 3.63. The highest BCUT2D eigenvalue weighted by atomic mass is 16.5. The van der Waals surface area contributed by atoms with Gasteiger partial charge >= 0.3 is 0 Å². The van der Waals surface area contributed by atoms with E-state index in [4.69, 9.17) is 4.74 Å². The number of hydrogen-bond donors (Lipinski definition) is 1. The molecule has 0 radical (unpaired) electrons. The normalized spacial score (nSPS) is 15.7. The molecule has 0 saturated carbocycles. The maximum absolute atomic E-state index is 12.4. The van der Waals surface area contributed by atoms with E-state index in [9.17, 15) is 4.79 Å². The van der Waals surface area contributed by atoms with Gasteiger partial charge in [0.05, 0.1) is 12.4 Å². The number of carbonyl (C=O) groups is 1. The van der Waals surface area contributed by atoms with Gasteiger partial charge in [-0.25, -0.2) is 4.98 Å². The molecule has 0 atom stereocenters. The summed E-state index contributed by atoms with van der Waals surface area (Å²) in [5.74, 6) is 1.10. The number of aromatic nitrogens is 2. The van der Waals surface area contributed by atoms with Crippen molar-refractivity contribution < 1.29 is 9.53 Å². The molecule has 1 aliphatic rings. The quantitative estimate of drug-likeness (QED) is 0.866. The summed E-state index contributed by atoms with van der Waals surface area (Å²) >= 11 is 0. The molecule has 1 aliphatic heterocycles. The summed E-state index contributed by atoms with van der Waals surface area (Å²) in [4.78, 5) is 22.6. The zero-order valence-electron chi connectivity index (χ0n) is 12.8. The van der Waals surface area contributed by atoms with Crippen LogP contribution >= 0.6 is 0 Å². The molecule has 0 unspecified atom stereocenters. The number of amides is 1. The van der Waals surface area contributed by atoms with Gasteiger partial charge in [0.25, 0.3) is 5.91 Å². The van der Waals surface area contributed by atoms with Crippen LogP contribution < -0.4 is 5.32 Å². The van der Waals surface area contributed by atoms with Crippen LogP contribution in [0.15, 0.2) is 12.4 Å². The van der Waals surface area contributed by atoms with Crippen LogP contribution in [0, 0.1) is 5.92 Å². The first-order valence-corrected chi connectivity index (χ1v) is 7.59. The number of rotatable bonds is 6. The third-order valence-electron chi connectivity index (χ3n) is 3.63. The van der Waals surface area contributed by atoms with Crippen molar-refractivity contribution in [3.8, 4) is 0 Å². The average Bonchev–Trinajstić information content (AvgIpc) is 2.53. The highest BCUT2D eigenvalue weighted by Crippen LogP contribution is 2.16. The van der Waals surface area contributed by atoms with Crippen LogP contribution in [-0.4, -0.2) is 54.1 Å². The monoisotopic (exact) mass is 292 g/mol. The fourth-order valence-corrected chi connectivity index (χ4v) is 2.40. The largest absolute Gasteiger partial charge is 0.381 e. The molecule has 21 heavy (non-hydrogen) atoms. The van der Waals surface area contributed by atoms with E-state index < -0.39 is 0 Å². The van der Waals surface area contributed by atoms with Crippen molar-refractivity contribution in [1.82, 2.24) is 14.9 Å². The zero-order valence-corrected chi connectivity index (χ0v) is 12.8. The number of ether oxygens (including phenoxy) is 1. The van der Waals surface area contributed by atoms with Gasteiger partial charge in [0.2, 0.25) is 0 Å². The van der Waals surface area contributed by atoms with Gasteiger partial charge in [-0.2, -0.15) is 0 Å². The highest BCUT2D eigenvalue weighted by Gasteiger charge is 2.20. The molecule has 116 valence electrons. The molecule has 1 aromatic heterocycles. The fourth-order valence-electron chi connectivity index (χ4n) is 2.40. The smallest absolute Gasteiger partial charge is 0.273 e. The molecule has 0 bridgehead atoms. The summed E-state index contributed by atoms with van der Waals surface area (Å²) in [5, 5.41) is 3.15. The molecule has 6 heteroatoms. The second kappa shape index (κ2) is 7.93. The minimum Gasteiger partial charge on any atom is -0.381 e. The lowest BCUT2D eigenvalue weighted by molar-refractivity contribution is 0.0495. The van der Waals surface area contributed by atoms with Crippen LogP contribution in [-0.2, 0) is 4.74 Å². The molecular weight excluding hydrogens is 268 g/mol. The molecule has 2 heterocycles. The molecule has 1 N–H and O–H groups in total. The Balaban J connectivity index is 1.94. The molecule has 0 spiro atoms. The van der Waals surface area contributed by atoms with Crippen molar-refractivity contribution >= 4 is 11.7 Å². The molecule has 2 rings (SSSR count). The number of anilines is 1. The van der Waals surface area contributed by atoms with Crippen molar-refractivity contribution in [3.05, 3.63) is 18.1 Å². The van der Waals surface area contributed by atoms with Crippen LogP contribution in [0.2, 0.25) is 0 Å². The lowest BCUT2D eigenvalue weighted by Gasteiger charge is -2.27. The number of nitrogens with zero attached hydrogens (tertiary/aromatic N) is 3. The number of hydrogen-bond acceptors (Lipinski definition) is 5. The van der Waals surface area contributed by atoms with E-state index in [-0.39, 0.29) is 5.91 Å². The lowest BCUT2D eigenvalue weighted by Crippen LogP contribution is -2.34. The van der Waals surface area contributed by atoms with E-state index in [1.165, 1.54) is 6.20 Å². The Bertz CT molecular complexity index is 461. The van der Waals surface area contributed by atoms with Gasteiger partial charge in [0.15, 0.2) is 0 Å². The average molecular weight is 292 g/mol. The van der Waals surface area contributed by atoms with Gasteiger partial charge in [0.1, 0.15) is 11.5 Å². The molecule has 1 fully saturated rings. The molecule has 0 aliphatic carbocycles. The van der Waals surface area contributed by atoms with E-state index in [2.05, 4.69) is 22.2 Å². The first-order valence-electron chi connectivity index (χ1n) is 7.59. The molecule has 6 nitrogen and oxygen atoms in total. The van der Waals surface area contributed by atoms with Crippen molar-refractivity contribution in [2.75, 3.05) is 38.7 Å². The van der Waals surface area contributed by atoms with E-state index in [0.717, 1.165) is 45.6 Å². The van der Waals surface area contributed by atoms with E-state index in [1.807, 2.05) is 7.05 Å². The maximum atomic E-state index is 12.4. The van der Waals surface area contributed by atoms with E-state index >= 15 is 0 Å². The Morgan fingerprint density at radius 3 is 2.90 bits per heavy atom. The van der Waals surface area contributed by atoms with Crippen LogP contribution in [0.1, 0.15) is 36.7 Å². The molecular formula is C15H24N4O2. The molecule has 1 saturated heterocycles. The van der Waals surface area contributed by atoms with Crippen LogP contribution in [0.25, 0.3) is 0 Å². The first kappa shape index (κ1) is 15.7. The second-order valence-corrected chi connectivity index (χ2v) is 5.46. The van der Waals surface area contributed by atoms with Gasteiger partial charge in [-0.1, -0.05) is 6.92 Å². The minimum absolute atomic E-state index is 0.0749. The minimum atomic E-state index is -0.0749. The SMILES string of the molecule is CCCNc1cncc(C(=O)N(C)CC2CCOCC2)n1. The van der Waals surface area contributed by atoms with Gasteiger partial charge < -0.3 is 15.0 Å². The fraction of sp³-hybridized carbons (Fsp3) is 0.667. The summed E-state index contributed by atoms with van der Waals surface area (Å²) in [6.07, 6.45) is 6.21. The van der Waals surface area contributed by atoms with E-state index in [1.54, 1.807) is 11.1 Å².